The zero-order chi connectivity index (χ0) is 21.4. The molecule has 0 radical (unpaired) electrons. The molecule has 29 heavy (non-hydrogen) atoms. The molecule has 1 saturated heterocycles. The third-order valence-electron chi connectivity index (χ3n) is 7.20. The maximum absolute atomic E-state index is 13.2. The van der Waals surface area contributed by atoms with E-state index in [1.165, 1.54) is 6.42 Å². The average Bonchev–Trinajstić information content (AvgIpc) is 2.88. The molecule has 0 spiro atoms. The van der Waals surface area contributed by atoms with Crippen LogP contribution in [0.1, 0.15) is 70.9 Å². The topological polar surface area (TPSA) is 50.8 Å². The minimum absolute atomic E-state index is 0.201. The van der Waals surface area contributed by atoms with Gasteiger partial charge in [-0.3, -0.25) is 4.79 Å². The largest absolute Gasteiger partial charge is 0.495 e. The van der Waals surface area contributed by atoms with Gasteiger partial charge in [-0.05, 0) is 65.5 Å². The first kappa shape index (κ1) is 22.3. The highest BCUT2D eigenvalue weighted by atomic mass is 16.7. The van der Waals surface area contributed by atoms with Crippen LogP contribution in [0.2, 0.25) is 0 Å². The molecule has 0 aromatic heterocycles. The van der Waals surface area contributed by atoms with E-state index in [1.54, 1.807) is 0 Å². The first-order chi connectivity index (χ1) is 13.5. The van der Waals surface area contributed by atoms with Gasteiger partial charge in [0, 0.05) is 13.6 Å². The summed E-state index contributed by atoms with van der Waals surface area (Å²) >= 11 is 0. The summed E-state index contributed by atoms with van der Waals surface area (Å²) < 4.78 is 12.4. The Bertz CT molecular complexity index is 740. The molecule has 0 atom stereocenters. The third kappa shape index (κ3) is 4.26. The summed E-state index contributed by atoms with van der Waals surface area (Å²) in [6, 6.07) is 6.32. The minimum Gasteiger partial charge on any atom is -0.399 e. The van der Waals surface area contributed by atoms with E-state index in [4.69, 9.17) is 9.31 Å². The molecule has 1 amide bonds. The van der Waals surface area contributed by atoms with Crippen LogP contribution in [0.3, 0.4) is 0 Å². The monoisotopic (exact) mass is 400 g/mol. The molecular weight excluding hydrogens is 363 g/mol. The van der Waals surface area contributed by atoms with E-state index in [2.05, 4.69) is 58.1 Å². The minimum atomic E-state index is -0.398. The van der Waals surface area contributed by atoms with Gasteiger partial charge in [0.25, 0.3) is 0 Å². The average molecular weight is 400 g/mol. The molecule has 1 aliphatic heterocycles. The van der Waals surface area contributed by atoms with Crippen LogP contribution in [0.4, 0.5) is 0 Å². The van der Waals surface area contributed by atoms with E-state index in [-0.39, 0.29) is 24.2 Å². The van der Waals surface area contributed by atoms with E-state index in [9.17, 15) is 4.79 Å². The summed E-state index contributed by atoms with van der Waals surface area (Å²) in [6.07, 6.45) is 5.30. The number of nitrogens with zero attached hydrogens (tertiary/aromatic N) is 1. The fourth-order valence-corrected chi connectivity index (χ4v) is 4.51. The van der Waals surface area contributed by atoms with E-state index in [0.29, 0.717) is 6.54 Å². The van der Waals surface area contributed by atoms with Gasteiger partial charge in [0.1, 0.15) is 0 Å². The quantitative estimate of drug-likeness (QED) is 0.772. The molecule has 1 heterocycles. The highest BCUT2D eigenvalue weighted by Gasteiger charge is 2.52. The Kier molecular flexibility index (Phi) is 6.20. The summed E-state index contributed by atoms with van der Waals surface area (Å²) in [5, 5.41) is 3.33. The fraction of sp³-hybridized carbons (Fsp3) is 0.696. The van der Waals surface area contributed by atoms with Crippen molar-refractivity contribution >= 4 is 18.5 Å². The Morgan fingerprint density at radius 2 is 1.69 bits per heavy atom. The van der Waals surface area contributed by atoms with Crippen LogP contribution in [0.25, 0.3) is 0 Å². The first-order valence-corrected chi connectivity index (χ1v) is 10.9. The molecule has 160 valence electrons. The number of aryl methyl sites for hydroxylation is 1. The number of amides is 1. The van der Waals surface area contributed by atoms with Crippen molar-refractivity contribution in [2.45, 2.75) is 90.0 Å². The van der Waals surface area contributed by atoms with Crippen molar-refractivity contribution in [1.82, 2.24) is 10.2 Å². The number of nitrogens with one attached hydrogen (secondary N) is 1. The van der Waals surface area contributed by atoms with E-state index < -0.39 is 5.54 Å². The van der Waals surface area contributed by atoms with Gasteiger partial charge in [-0.1, -0.05) is 43.0 Å². The van der Waals surface area contributed by atoms with E-state index >= 15 is 0 Å². The lowest BCUT2D eigenvalue weighted by atomic mass is 9.76. The standard InChI is InChI=1S/C23H37BN2O3/c1-17-15-18(11-12-19(17)24-28-21(2,3)22(4,5)29-24)16-26(7)20(27)23(25-6)13-9-8-10-14-23/h11-12,15,25H,8-10,13-14,16H2,1-7H3. The van der Waals surface area contributed by atoms with Crippen LogP contribution in [-0.2, 0) is 20.6 Å². The molecule has 1 aromatic carbocycles. The lowest BCUT2D eigenvalue weighted by Crippen LogP contribution is -2.56. The van der Waals surface area contributed by atoms with Crippen molar-refractivity contribution in [3.8, 4) is 0 Å². The Balaban J connectivity index is 1.71. The zero-order valence-corrected chi connectivity index (χ0v) is 19.2. The van der Waals surface area contributed by atoms with Crippen molar-refractivity contribution in [3.05, 3.63) is 29.3 Å². The second-order valence-corrected chi connectivity index (χ2v) is 9.83. The first-order valence-electron chi connectivity index (χ1n) is 10.9. The van der Waals surface area contributed by atoms with E-state index in [0.717, 1.165) is 42.3 Å². The number of carbonyl (C=O) groups excluding carboxylic acids is 1. The number of likely N-dealkylation sites (N-methyl/N-ethyl adjacent to an activating group) is 2. The van der Waals surface area contributed by atoms with Gasteiger partial charge in [0.05, 0.1) is 16.7 Å². The normalized spacial score (nSPS) is 22.5. The third-order valence-corrected chi connectivity index (χ3v) is 7.20. The van der Waals surface area contributed by atoms with Gasteiger partial charge in [-0.15, -0.1) is 0 Å². The van der Waals surface area contributed by atoms with Gasteiger partial charge in [-0.25, -0.2) is 0 Å². The molecule has 5 nitrogen and oxygen atoms in total. The molecule has 2 fully saturated rings. The van der Waals surface area contributed by atoms with Gasteiger partial charge in [0.15, 0.2) is 0 Å². The van der Waals surface area contributed by atoms with Gasteiger partial charge in [-0.2, -0.15) is 0 Å². The molecule has 0 unspecified atom stereocenters. The number of carbonyl (C=O) groups is 1. The van der Waals surface area contributed by atoms with Crippen molar-refractivity contribution in [3.63, 3.8) is 0 Å². The molecular formula is C23H37BN2O3. The van der Waals surface area contributed by atoms with Crippen molar-refractivity contribution in [2.75, 3.05) is 14.1 Å². The Hall–Kier alpha value is -1.37. The number of hydrogen-bond acceptors (Lipinski definition) is 4. The summed E-state index contributed by atoms with van der Waals surface area (Å²) in [5.41, 5.74) is 2.21. The molecule has 3 rings (SSSR count). The molecule has 1 N–H and O–H groups in total. The number of rotatable bonds is 5. The number of hydrogen-bond donors (Lipinski definition) is 1. The Morgan fingerprint density at radius 3 is 2.21 bits per heavy atom. The molecule has 1 saturated carbocycles. The molecule has 0 bridgehead atoms. The molecule has 1 aromatic rings. The van der Waals surface area contributed by atoms with E-state index in [1.807, 2.05) is 19.0 Å². The highest BCUT2D eigenvalue weighted by Crippen LogP contribution is 2.36. The fourth-order valence-electron chi connectivity index (χ4n) is 4.51. The second kappa shape index (κ2) is 8.05. The Morgan fingerprint density at radius 1 is 1.10 bits per heavy atom. The van der Waals surface area contributed by atoms with Crippen LogP contribution in [0, 0.1) is 6.92 Å². The second-order valence-electron chi connectivity index (χ2n) is 9.83. The summed E-state index contributed by atoms with van der Waals surface area (Å²) in [6.45, 7) is 11.0. The predicted octanol–water partition coefficient (Wildman–Crippen LogP) is 3.17. The maximum Gasteiger partial charge on any atom is 0.495 e. The predicted molar refractivity (Wildman–Crippen MR) is 118 cm³/mol. The summed E-state index contributed by atoms with van der Waals surface area (Å²) in [7, 11) is 3.47. The van der Waals surface area contributed by atoms with Crippen molar-refractivity contribution < 1.29 is 14.1 Å². The SMILES string of the molecule is CNC1(C(=O)N(C)Cc2ccc(B3OC(C)(C)C(C)(C)O3)c(C)c2)CCCCC1. The van der Waals surface area contributed by atoms with Crippen LogP contribution in [-0.4, -0.2) is 48.8 Å². The van der Waals surface area contributed by atoms with Gasteiger partial charge in [0.2, 0.25) is 5.91 Å². The number of benzene rings is 1. The maximum atomic E-state index is 13.2. The highest BCUT2D eigenvalue weighted by molar-refractivity contribution is 6.62. The molecule has 6 heteroatoms. The zero-order valence-electron chi connectivity index (χ0n) is 19.2. The Labute approximate surface area is 176 Å². The van der Waals surface area contributed by atoms with Crippen molar-refractivity contribution in [1.29, 1.82) is 0 Å². The summed E-state index contributed by atoms with van der Waals surface area (Å²) in [4.78, 5) is 15.0. The van der Waals surface area contributed by atoms with Crippen LogP contribution < -0.4 is 10.8 Å². The van der Waals surface area contributed by atoms with Gasteiger partial charge < -0.3 is 19.5 Å². The van der Waals surface area contributed by atoms with Gasteiger partial charge >= 0.3 is 7.12 Å². The lowest BCUT2D eigenvalue weighted by molar-refractivity contribution is -0.138. The van der Waals surface area contributed by atoms with Crippen molar-refractivity contribution in [2.24, 2.45) is 0 Å². The molecule has 2 aliphatic rings. The smallest absolute Gasteiger partial charge is 0.399 e. The lowest BCUT2D eigenvalue weighted by Gasteiger charge is -2.38. The van der Waals surface area contributed by atoms with Crippen LogP contribution in [0.15, 0.2) is 18.2 Å². The molecule has 1 aliphatic carbocycles. The van der Waals surface area contributed by atoms with Crippen LogP contribution in [0.5, 0.6) is 0 Å². The van der Waals surface area contributed by atoms with Crippen LogP contribution >= 0.6 is 0 Å². The summed E-state index contributed by atoms with van der Waals surface area (Å²) in [5.74, 6) is 0.201.